The summed E-state index contributed by atoms with van der Waals surface area (Å²) < 4.78 is 10.4. The fourth-order valence-corrected chi connectivity index (χ4v) is 1.96. The normalized spacial score (nSPS) is 19.2. The number of esters is 1. The first kappa shape index (κ1) is 11.5. The molecule has 1 aliphatic rings. The largest absolute Gasteiger partial charge is 0.468 e. The van der Waals surface area contributed by atoms with Crippen molar-refractivity contribution in [2.45, 2.75) is 13.2 Å². The standard InChI is InChI=1S/C13H15NO3/c1-9-11(13(15)16-3)14(2)12(17-9)10-7-5-4-6-8-10/h4-8,12H,1-3H3. The van der Waals surface area contributed by atoms with Crippen molar-refractivity contribution in [1.29, 1.82) is 0 Å². The molecule has 1 aromatic carbocycles. The lowest BCUT2D eigenvalue weighted by Gasteiger charge is -2.22. The molecule has 0 aromatic heterocycles. The Balaban J connectivity index is 2.26. The summed E-state index contributed by atoms with van der Waals surface area (Å²) in [6.45, 7) is 1.77. The lowest BCUT2D eigenvalue weighted by molar-refractivity contribution is -0.138. The first-order chi connectivity index (χ1) is 8.15. The van der Waals surface area contributed by atoms with Crippen molar-refractivity contribution in [1.82, 2.24) is 4.90 Å². The van der Waals surface area contributed by atoms with Gasteiger partial charge in [-0.2, -0.15) is 0 Å². The number of hydrogen-bond donors (Lipinski definition) is 0. The third kappa shape index (κ3) is 1.98. The van der Waals surface area contributed by atoms with Gasteiger partial charge in [-0.3, -0.25) is 0 Å². The molecule has 90 valence electrons. The Morgan fingerprint density at radius 2 is 2.00 bits per heavy atom. The van der Waals surface area contributed by atoms with Crippen LogP contribution in [0.2, 0.25) is 0 Å². The Bertz CT molecular complexity index is 453. The minimum absolute atomic E-state index is 0.259. The van der Waals surface area contributed by atoms with Gasteiger partial charge in [-0.25, -0.2) is 4.79 Å². The molecule has 1 aromatic rings. The molecular weight excluding hydrogens is 218 g/mol. The molecule has 0 N–H and O–H groups in total. The number of likely N-dealkylation sites (N-methyl/N-ethyl adjacent to an activating group) is 1. The van der Waals surface area contributed by atoms with Gasteiger partial charge in [0.25, 0.3) is 0 Å². The smallest absolute Gasteiger partial charge is 0.357 e. The van der Waals surface area contributed by atoms with Crippen LogP contribution in [-0.4, -0.2) is 25.0 Å². The number of benzene rings is 1. The molecule has 1 atom stereocenters. The summed E-state index contributed by atoms with van der Waals surface area (Å²) >= 11 is 0. The maximum atomic E-state index is 11.6. The van der Waals surface area contributed by atoms with Crippen LogP contribution in [0.15, 0.2) is 41.8 Å². The van der Waals surface area contributed by atoms with Crippen LogP contribution in [0.3, 0.4) is 0 Å². The van der Waals surface area contributed by atoms with Gasteiger partial charge in [0, 0.05) is 12.6 Å². The first-order valence-electron chi connectivity index (χ1n) is 5.38. The Hall–Kier alpha value is -1.97. The predicted octanol–water partition coefficient (Wildman–Crippen LogP) is 2.05. The van der Waals surface area contributed by atoms with Crippen molar-refractivity contribution in [2.24, 2.45) is 0 Å². The van der Waals surface area contributed by atoms with E-state index >= 15 is 0 Å². The Morgan fingerprint density at radius 1 is 1.35 bits per heavy atom. The summed E-state index contributed by atoms with van der Waals surface area (Å²) in [7, 11) is 3.19. The van der Waals surface area contributed by atoms with Gasteiger partial charge in [-0.15, -0.1) is 0 Å². The van der Waals surface area contributed by atoms with E-state index in [1.807, 2.05) is 37.4 Å². The monoisotopic (exact) mass is 233 g/mol. The molecule has 1 unspecified atom stereocenters. The van der Waals surface area contributed by atoms with Gasteiger partial charge >= 0.3 is 5.97 Å². The van der Waals surface area contributed by atoms with E-state index in [2.05, 4.69) is 0 Å². The van der Waals surface area contributed by atoms with E-state index in [0.29, 0.717) is 11.5 Å². The van der Waals surface area contributed by atoms with Crippen molar-refractivity contribution in [3.05, 3.63) is 47.4 Å². The highest BCUT2D eigenvalue weighted by Crippen LogP contribution is 2.34. The van der Waals surface area contributed by atoms with Gasteiger partial charge < -0.3 is 14.4 Å². The summed E-state index contributed by atoms with van der Waals surface area (Å²) in [6, 6.07) is 9.76. The van der Waals surface area contributed by atoms with E-state index in [4.69, 9.17) is 9.47 Å². The molecule has 0 saturated carbocycles. The van der Waals surface area contributed by atoms with Crippen molar-refractivity contribution < 1.29 is 14.3 Å². The second-order valence-electron chi connectivity index (χ2n) is 3.89. The second kappa shape index (κ2) is 4.49. The highest BCUT2D eigenvalue weighted by Gasteiger charge is 2.34. The number of hydrogen-bond acceptors (Lipinski definition) is 4. The molecule has 17 heavy (non-hydrogen) atoms. The van der Waals surface area contributed by atoms with Crippen LogP contribution in [0.25, 0.3) is 0 Å². The zero-order chi connectivity index (χ0) is 12.4. The number of methoxy groups -OCH3 is 1. The van der Waals surface area contributed by atoms with E-state index in [1.54, 1.807) is 11.8 Å². The molecule has 0 amide bonds. The van der Waals surface area contributed by atoms with E-state index in [1.165, 1.54) is 7.11 Å². The Kier molecular flexibility index (Phi) is 3.04. The molecule has 0 spiro atoms. The number of carbonyl (C=O) groups excluding carboxylic acids is 1. The molecule has 1 heterocycles. The van der Waals surface area contributed by atoms with Gasteiger partial charge in [0.2, 0.25) is 0 Å². The zero-order valence-electron chi connectivity index (χ0n) is 10.1. The quantitative estimate of drug-likeness (QED) is 0.733. The summed E-state index contributed by atoms with van der Waals surface area (Å²) in [4.78, 5) is 13.4. The predicted molar refractivity (Wildman–Crippen MR) is 62.7 cm³/mol. The highest BCUT2D eigenvalue weighted by atomic mass is 16.5. The third-order valence-corrected chi connectivity index (χ3v) is 2.79. The van der Waals surface area contributed by atoms with Crippen LogP contribution in [0, 0.1) is 0 Å². The lowest BCUT2D eigenvalue weighted by Crippen LogP contribution is -2.24. The molecule has 4 nitrogen and oxygen atoms in total. The Morgan fingerprint density at radius 3 is 2.59 bits per heavy atom. The maximum Gasteiger partial charge on any atom is 0.357 e. The minimum Gasteiger partial charge on any atom is -0.468 e. The van der Waals surface area contributed by atoms with Gasteiger partial charge in [0.15, 0.2) is 11.9 Å². The molecule has 0 radical (unpaired) electrons. The van der Waals surface area contributed by atoms with Crippen LogP contribution >= 0.6 is 0 Å². The molecule has 1 aliphatic heterocycles. The van der Waals surface area contributed by atoms with E-state index in [0.717, 1.165) is 5.56 Å². The van der Waals surface area contributed by atoms with Crippen LogP contribution < -0.4 is 0 Å². The van der Waals surface area contributed by atoms with E-state index < -0.39 is 0 Å². The van der Waals surface area contributed by atoms with Crippen molar-refractivity contribution in [3.63, 3.8) is 0 Å². The molecule has 0 aliphatic carbocycles. The summed E-state index contributed by atoms with van der Waals surface area (Å²) in [5.41, 5.74) is 1.48. The van der Waals surface area contributed by atoms with E-state index in [9.17, 15) is 4.79 Å². The highest BCUT2D eigenvalue weighted by molar-refractivity contribution is 5.88. The average molecular weight is 233 g/mol. The number of allylic oxidation sites excluding steroid dienone is 1. The number of rotatable bonds is 2. The maximum absolute atomic E-state index is 11.6. The van der Waals surface area contributed by atoms with Crippen molar-refractivity contribution >= 4 is 5.97 Å². The van der Waals surface area contributed by atoms with E-state index in [-0.39, 0.29) is 12.2 Å². The molecule has 0 fully saturated rings. The fourth-order valence-electron chi connectivity index (χ4n) is 1.96. The molecule has 0 bridgehead atoms. The molecule has 2 rings (SSSR count). The van der Waals surface area contributed by atoms with Crippen LogP contribution in [0.5, 0.6) is 0 Å². The second-order valence-corrected chi connectivity index (χ2v) is 3.89. The minimum atomic E-state index is -0.372. The fraction of sp³-hybridized carbons (Fsp3) is 0.308. The molecular formula is C13H15NO3. The third-order valence-electron chi connectivity index (χ3n) is 2.79. The zero-order valence-corrected chi connectivity index (χ0v) is 10.1. The number of ether oxygens (including phenoxy) is 2. The van der Waals surface area contributed by atoms with Gasteiger partial charge in [0.05, 0.1) is 7.11 Å². The molecule has 4 heteroatoms. The van der Waals surface area contributed by atoms with Crippen LogP contribution in [0.4, 0.5) is 0 Å². The Labute approximate surface area is 100 Å². The summed E-state index contributed by atoms with van der Waals surface area (Å²) in [5.74, 6) is 0.219. The molecule has 0 saturated heterocycles. The lowest BCUT2D eigenvalue weighted by atomic mass is 10.2. The first-order valence-corrected chi connectivity index (χ1v) is 5.38. The van der Waals surface area contributed by atoms with Gasteiger partial charge in [0.1, 0.15) is 5.76 Å². The SMILES string of the molecule is COC(=O)C1=C(C)OC(c2ccccc2)N1C. The summed E-state index contributed by atoms with van der Waals surface area (Å²) in [5, 5.41) is 0. The average Bonchev–Trinajstić information content (AvgIpc) is 2.65. The van der Waals surface area contributed by atoms with Crippen LogP contribution in [0.1, 0.15) is 18.7 Å². The van der Waals surface area contributed by atoms with Crippen molar-refractivity contribution in [3.8, 4) is 0 Å². The van der Waals surface area contributed by atoms with Gasteiger partial charge in [-0.1, -0.05) is 30.3 Å². The van der Waals surface area contributed by atoms with Crippen LogP contribution in [-0.2, 0) is 14.3 Å². The van der Waals surface area contributed by atoms with Gasteiger partial charge in [-0.05, 0) is 6.92 Å². The number of nitrogens with zero attached hydrogens (tertiary/aromatic N) is 1. The topological polar surface area (TPSA) is 38.8 Å². The van der Waals surface area contributed by atoms with Crippen molar-refractivity contribution in [2.75, 3.05) is 14.2 Å². The number of carbonyl (C=O) groups is 1. The summed E-state index contributed by atoms with van der Waals surface area (Å²) in [6.07, 6.45) is -0.259.